The Hall–Kier alpha value is -2.07. The zero-order chi connectivity index (χ0) is 14.4. The Morgan fingerprint density at radius 1 is 1.24 bits per heavy atom. The first kappa shape index (κ1) is 12.7. The molecule has 0 spiro atoms. The van der Waals surface area contributed by atoms with E-state index in [2.05, 4.69) is 11.5 Å². The van der Waals surface area contributed by atoms with Crippen molar-refractivity contribution in [3.05, 3.63) is 51.9 Å². The molecule has 2 aliphatic rings. The van der Waals surface area contributed by atoms with Crippen LogP contribution in [-0.4, -0.2) is 18.2 Å². The summed E-state index contributed by atoms with van der Waals surface area (Å²) in [5.74, 6) is 0.823. The third kappa shape index (κ3) is 1.90. The van der Waals surface area contributed by atoms with Crippen LogP contribution in [0.15, 0.2) is 34.0 Å². The zero-order valence-corrected chi connectivity index (χ0v) is 11.9. The molecule has 21 heavy (non-hydrogen) atoms. The second-order valence-electron chi connectivity index (χ2n) is 5.69. The van der Waals surface area contributed by atoms with E-state index in [9.17, 15) is 4.79 Å². The Labute approximate surface area is 122 Å². The van der Waals surface area contributed by atoms with Gasteiger partial charge in [0, 0.05) is 24.0 Å². The van der Waals surface area contributed by atoms with E-state index in [0.717, 1.165) is 54.6 Å². The van der Waals surface area contributed by atoms with Crippen molar-refractivity contribution in [3.8, 4) is 5.75 Å². The summed E-state index contributed by atoms with van der Waals surface area (Å²) in [6.45, 7) is 5.78. The third-order valence-corrected chi connectivity index (χ3v) is 4.37. The van der Waals surface area contributed by atoms with E-state index in [1.54, 1.807) is 0 Å². The van der Waals surface area contributed by atoms with E-state index < -0.39 is 0 Å². The number of aryl methyl sites for hydroxylation is 1. The number of fused-ring (bicyclic) bond motifs is 5. The average Bonchev–Trinajstić information content (AvgIpc) is 2.98. The monoisotopic (exact) mass is 283 g/mol. The van der Waals surface area contributed by atoms with Crippen LogP contribution >= 0.6 is 0 Å². The lowest BCUT2D eigenvalue weighted by molar-refractivity contribution is 0.107. The number of hydrogen-bond acceptors (Lipinski definition) is 4. The Morgan fingerprint density at radius 3 is 2.95 bits per heavy atom. The van der Waals surface area contributed by atoms with Crippen LogP contribution in [-0.2, 0) is 19.4 Å². The minimum atomic E-state index is -0.177. The molecule has 4 rings (SSSR count). The van der Waals surface area contributed by atoms with Crippen LogP contribution in [0.25, 0.3) is 11.0 Å². The van der Waals surface area contributed by atoms with Crippen molar-refractivity contribution >= 4 is 11.0 Å². The van der Waals surface area contributed by atoms with E-state index >= 15 is 0 Å². The highest BCUT2D eigenvalue weighted by molar-refractivity contribution is 5.86. The normalized spacial score (nSPS) is 17.3. The molecule has 0 atom stereocenters. The number of ether oxygens (including phenoxy) is 1. The summed E-state index contributed by atoms with van der Waals surface area (Å²) >= 11 is 0. The van der Waals surface area contributed by atoms with Gasteiger partial charge in [0.2, 0.25) is 0 Å². The molecule has 1 aliphatic heterocycles. The van der Waals surface area contributed by atoms with Crippen molar-refractivity contribution in [3.63, 3.8) is 0 Å². The van der Waals surface area contributed by atoms with E-state index in [4.69, 9.17) is 9.15 Å². The van der Waals surface area contributed by atoms with Crippen LogP contribution in [0.5, 0.6) is 5.75 Å². The van der Waals surface area contributed by atoms with E-state index in [1.165, 1.54) is 5.56 Å². The molecule has 1 aromatic heterocycles. The van der Waals surface area contributed by atoms with Crippen LogP contribution in [0.2, 0.25) is 0 Å². The first-order valence-corrected chi connectivity index (χ1v) is 7.34. The smallest absolute Gasteiger partial charge is 0.339 e. The number of nitrogens with zero attached hydrogens (tertiary/aromatic N) is 1. The highest BCUT2D eigenvalue weighted by Crippen LogP contribution is 2.35. The maximum Gasteiger partial charge on any atom is 0.339 e. The van der Waals surface area contributed by atoms with E-state index in [-0.39, 0.29) is 5.63 Å². The molecular weight excluding hydrogens is 266 g/mol. The minimum absolute atomic E-state index is 0.177. The fourth-order valence-corrected chi connectivity index (χ4v) is 3.40. The third-order valence-electron chi connectivity index (χ3n) is 4.37. The molecule has 0 radical (unpaired) electrons. The van der Waals surface area contributed by atoms with Crippen LogP contribution in [0.1, 0.15) is 23.1 Å². The van der Waals surface area contributed by atoms with Crippen LogP contribution < -0.4 is 10.4 Å². The van der Waals surface area contributed by atoms with Gasteiger partial charge in [-0.1, -0.05) is 6.08 Å². The summed E-state index contributed by atoms with van der Waals surface area (Å²) in [6, 6.07) is 4.03. The molecule has 0 saturated heterocycles. The van der Waals surface area contributed by atoms with Gasteiger partial charge in [0.15, 0.2) is 0 Å². The first-order valence-electron chi connectivity index (χ1n) is 7.34. The van der Waals surface area contributed by atoms with Crippen molar-refractivity contribution in [2.45, 2.75) is 25.8 Å². The minimum Gasteiger partial charge on any atom is -0.478 e. The fourth-order valence-electron chi connectivity index (χ4n) is 3.40. The lowest BCUT2D eigenvalue weighted by atomic mass is 10.0. The van der Waals surface area contributed by atoms with E-state index in [1.807, 2.05) is 18.2 Å². The van der Waals surface area contributed by atoms with Gasteiger partial charge in [0.25, 0.3) is 0 Å². The van der Waals surface area contributed by atoms with Crippen LogP contribution in [0.3, 0.4) is 0 Å². The number of benzene rings is 1. The van der Waals surface area contributed by atoms with Gasteiger partial charge in [-0.3, -0.25) is 4.90 Å². The summed E-state index contributed by atoms with van der Waals surface area (Å²) in [5, 5.41) is 1.07. The Morgan fingerprint density at radius 2 is 2.10 bits per heavy atom. The maximum absolute atomic E-state index is 12.2. The molecule has 0 amide bonds. The van der Waals surface area contributed by atoms with Gasteiger partial charge in [-0.2, -0.15) is 0 Å². The summed E-state index contributed by atoms with van der Waals surface area (Å²) in [4.78, 5) is 14.3. The quantitative estimate of drug-likeness (QED) is 0.627. The standard InChI is InChI=1S/C17H17NO3/c1-2-8-18-9-14-15(20-10-18)7-6-12-11-4-3-5-13(11)17(19)21-16(12)14/h2,6-7H,1,3-5,8-10H2. The van der Waals surface area contributed by atoms with Gasteiger partial charge in [-0.25, -0.2) is 4.79 Å². The molecule has 0 fully saturated rings. The zero-order valence-electron chi connectivity index (χ0n) is 11.9. The van der Waals surface area contributed by atoms with Gasteiger partial charge >= 0.3 is 5.63 Å². The highest BCUT2D eigenvalue weighted by Gasteiger charge is 2.25. The maximum atomic E-state index is 12.2. The van der Waals surface area contributed by atoms with Gasteiger partial charge in [0.1, 0.15) is 18.1 Å². The van der Waals surface area contributed by atoms with Crippen molar-refractivity contribution in [2.24, 2.45) is 0 Å². The van der Waals surface area contributed by atoms with Crippen molar-refractivity contribution in [1.82, 2.24) is 4.90 Å². The highest BCUT2D eigenvalue weighted by atomic mass is 16.5. The molecule has 0 bridgehead atoms. The van der Waals surface area contributed by atoms with Gasteiger partial charge in [0.05, 0.1) is 5.56 Å². The summed E-state index contributed by atoms with van der Waals surface area (Å²) in [5.41, 5.74) is 3.54. The molecular formula is C17H17NO3. The van der Waals surface area contributed by atoms with E-state index in [0.29, 0.717) is 12.3 Å². The van der Waals surface area contributed by atoms with Gasteiger partial charge in [-0.05, 0) is 37.0 Å². The van der Waals surface area contributed by atoms with Crippen molar-refractivity contribution in [2.75, 3.05) is 13.3 Å². The van der Waals surface area contributed by atoms with Crippen molar-refractivity contribution in [1.29, 1.82) is 0 Å². The molecule has 1 aliphatic carbocycles. The van der Waals surface area contributed by atoms with Crippen LogP contribution in [0.4, 0.5) is 0 Å². The fraction of sp³-hybridized carbons (Fsp3) is 0.353. The largest absolute Gasteiger partial charge is 0.478 e. The molecule has 1 aromatic carbocycles. The molecule has 108 valence electrons. The van der Waals surface area contributed by atoms with Gasteiger partial charge in [-0.15, -0.1) is 6.58 Å². The molecule has 4 heteroatoms. The molecule has 0 N–H and O–H groups in total. The summed E-state index contributed by atoms with van der Waals surface area (Å²) in [7, 11) is 0. The molecule has 4 nitrogen and oxygen atoms in total. The Bertz CT molecular complexity index is 791. The topological polar surface area (TPSA) is 42.7 Å². The summed E-state index contributed by atoms with van der Waals surface area (Å²) in [6.07, 6.45) is 4.69. The predicted molar refractivity (Wildman–Crippen MR) is 80.6 cm³/mol. The lowest BCUT2D eigenvalue weighted by Gasteiger charge is -2.28. The molecule has 0 saturated carbocycles. The number of hydrogen-bond donors (Lipinski definition) is 0. The SMILES string of the molecule is C=CCN1COc2ccc3c4c(c(=O)oc3c2C1)CCC4. The molecule has 0 unspecified atom stereocenters. The Kier molecular flexibility index (Phi) is 2.86. The Balaban J connectivity index is 1.94. The predicted octanol–water partition coefficient (Wildman–Crippen LogP) is 2.62. The lowest BCUT2D eigenvalue weighted by Crippen LogP contribution is -2.32. The second kappa shape index (κ2) is 4.74. The second-order valence-corrected chi connectivity index (χ2v) is 5.69. The summed E-state index contributed by atoms with van der Waals surface area (Å²) < 4.78 is 11.4. The number of rotatable bonds is 2. The van der Waals surface area contributed by atoms with Crippen LogP contribution in [0, 0.1) is 0 Å². The van der Waals surface area contributed by atoms with Gasteiger partial charge < -0.3 is 9.15 Å². The van der Waals surface area contributed by atoms with Crippen molar-refractivity contribution < 1.29 is 9.15 Å². The molecule has 2 heterocycles. The average molecular weight is 283 g/mol. The first-order chi connectivity index (χ1) is 10.3. The molecule has 2 aromatic rings.